The van der Waals surface area contributed by atoms with Gasteiger partial charge in [-0.1, -0.05) is 0 Å². The fourth-order valence-electron chi connectivity index (χ4n) is 3.63. The van der Waals surface area contributed by atoms with E-state index in [-0.39, 0.29) is 0 Å². The molecule has 0 radical (unpaired) electrons. The smallest absolute Gasteiger partial charge is 0.113 e. The van der Waals surface area contributed by atoms with Crippen LogP contribution in [0.1, 0.15) is 56.3 Å². The van der Waals surface area contributed by atoms with Crippen molar-refractivity contribution in [1.82, 2.24) is 14.5 Å². The van der Waals surface area contributed by atoms with Crippen molar-refractivity contribution in [3.8, 4) is 0 Å². The molecule has 0 spiro atoms. The second kappa shape index (κ2) is 4.85. The molecule has 2 aliphatic carbocycles. The van der Waals surface area contributed by atoms with Gasteiger partial charge in [-0.3, -0.25) is 4.98 Å². The topological polar surface area (TPSA) is 56.7 Å². The largest absolute Gasteiger partial charge is 0.330 e. The number of imidazole rings is 1. The van der Waals surface area contributed by atoms with E-state index in [9.17, 15) is 0 Å². The zero-order valence-corrected chi connectivity index (χ0v) is 11.8. The van der Waals surface area contributed by atoms with Crippen molar-refractivity contribution >= 4 is 11.0 Å². The predicted molar refractivity (Wildman–Crippen MR) is 79.6 cm³/mol. The van der Waals surface area contributed by atoms with E-state index in [0.29, 0.717) is 12.0 Å². The molecule has 0 bridgehead atoms. The van der Waals surface area contributed by atoms with Crippen LogP contribution in [-0.2, 0) is 0 Å². The van der Waals surface area contributed by atoms with Crippen molar-refractivity contribution in [2.24, 2.45) is 11.7 Å². The molecule has 2 aromatic heterocycles. The second-order valence-corrected chi connectivity index (χ2v) is 6.39. The van der Waals surface area contributed by atoms with Crippen molar-refractivity contribution in [2.75, 3.05) is 6.54 Å². The van der Waals surface area contributed by atoms with Crippen molar-refractivity contribution in [3.05, 3.63) is 24.3 Å². The third-order valence-electron chi connectivity index (χ3n) is 4.98. The van der Waals surface area contributed by atoms with Crippen LogP contribution in [0.25, 0.3) is 11.0 Å². The molecular formula is C16H22N4. The molecule has 4 nitrogen and oxygen atoms in total. The quantitative estimate of drug-likeness (QED) is 0.932. The normalized spacial score (nSPS) is 27.1. The zero-order chi connectivity index (χ0) is 13.5. The summed E-state index contributed by atoms with van der Waals surface area (Å²) in [5, 5.41) is 0. The van der Waals surface area contributed by atoms with Gasteiger partial charge < -0.3 is 10.3 Å². The molecule has 0 aliphatic heterocycles. The standard InChI is InChI=1S/C16H22N4/c17-9-11-1-3-12(4-2-11)16-19-14-10-18-8-7-15(14)20(16)13-5-6-13/h7-8,10-13H,1-6,9,17H2. The number of fused-ring (bicyclic) bond motifs is 1. The number of pyridine rings is 1. The molecule has 2 fully saturated rings. The molecule has 0 atom stereocenters. The Hall–Kier alpha value is -1.42. The highest BCUT2D eigenvalue weighted by Crippen LogP contribution is 2.43. The van der Waals surface area contributed by atoms with Crippen LogP contribution in [0, 0.1) is 5.92 Å². The van der Waals surface area contributed by atoms with Crippen LogP contribution >= 0.6 is 0 Å². The lowest BCUT2D eigenvalue weighted by Gasteiger charge is -2.27. The average Bonchev–Trinajstić information content (AvgIpc) is 3.27. The minimum Gasteiger partial charge on any atom is -0.330 e. The first-order chi connectivity index (χ1) is 9.86. The maximum atomic E-state index is 5.81. The van der Waals surface area contributed by atoms with E-state index in [1.54, 1.807) is 0 Å². The molecule has 20 heavy (non-hydrogen) atoms. The Morgan fingerprint density at radius 1 is 1.15 bits per heavy atom. The van der Waals surface area contributed by atoms with E-state index >= 15 is 0 Å². The Morgan fingerprint density at radius 3 is 2.65 bits per heavy atom. The lowest BCUT2D eigenvalue weighted by Crippen LogP contribution is -2.22. The summed E-state index contributed by atoms with van der Waals surface area (Å²) >= 11 is 0. The second-order valence-electron chi connectivity index (χ2n) is 6.39. The highest BCUT2D eigenvalue weighted by Gasteiger charge is 2.32. The summed E-state index contributed by atoms with van der Waals surface area (Å²) in [6, 6.07) is 2.81. The number of nitrogens with zero attached hydrogens (tertiary/aromatic N) is 3. The summed E-state index contributed by atoms with van der Waals surface area (Å²) in [7, 11) is 0. The Bertz CT molecular complexity index is 606. The number of hydrogen-bond acceptors (Lipinski definition) is 3. The van der Waals surface area contributed by atoms with Gasteiger partial charge in [-0.25, -0.2) is 4.98 Å². The van der Waals surface area contributed by atoms with Crippen molar-refractivity contribution in [1.29, 1.82) is 0 Å². The van der Waals surface area contributed by atoms with Gasteiger partial charge in [0, 0.05) is 18.2 Å². The van der Waals surface area contributed by atoms with Crippen molar-refractivity contribution < 1.29 is 0 Å². The summed E-state index contributed by atoms with van der Waals surface area (Å²) in [6.45, 7) is 0.843. The van der Waals surface area contributed by atoms with E-state index in [1.807, 2.05) is 12.4 Å². The minimum atomic E-state index is 0.616. The Kier molecular flexibility index (Phi) is 2.99. The molecule has 0 amide bonds. The van der Waals surface area contributed by atoms with E-state index in [0.717, 1.165) is 18.0 Å². The molecule has 4 heteroatoms. The van der Waals surface area contributed by atoms with Crippen LogP contribution in [0.15, 0.2) is 18.5 Å². The van der Waals surface area contributed by atoms with Crippen molar-refractivity contribution in [3.63, 3.8) is 0 Å². The maximum absolute atomic E-state index is 5.81. The first-order valence-corrected chi connectivity index (χ1v) is 7.88. The average molecular weight is 270 g/mol. The molecule has 0 saturated heterocycles. The number of nitrogens with two attached hydrogens (primary N) is 1. The third kappa shape index (κ3) is 2.03. The highest BCUT2D eigenvalue weighted by atomic mass is 15.1. The third-order valence-corrected chi connectivity index (χ3v) is 4.98. The van der Waals surface area contributed by atoms with E-state index in [2.05, 4.69) is 15.6 Å². The van der Waals surface area contributed by atoms with E-state index in [1.165, 1.54) is 49.9 Å². The molecule has 2 N–H and O–H groups in total. The van der Waals surface area contributed by atoms with Gasteiger partial charge in [0.2, 0.25) is 0 Å². The highest BCUT2D eigenvalue weighted by molar-refractivity contribution is 5.75. The van der Waals surface area contributed by atoms with E-state index < -0.39 is 0 Å². The molecule has 4 rings (SSSR count). The Morgan fingerprint density at radius 2 is 1.95 bits per heavy atom. The summed E-state index contributed by atoms with van der Waals surface area (Å²) < 4.78 is 2.50. The molecule has 0 unspecified atom stereocenters. The van der Waals surface area contributed by atoms with Crippen molar-refractivity contribution in [2.45, 2.75) is 50.5 Å². The molecule has 106 valence electrons. The Labute approximate surface area is 119 Å². The van der Waals surface area contributed by atoms with Gasteiger partial charge in [-0.2, -0.15) is 0 Å². The van der Waals surface area contributed by atoms with Gasteiger partial charge in [0.15, 0.2) is 0 Å². The summed E-state index contributed by atoms with van der Waals surface area (Å²) in [5.74, 6) is 2.66. The van der Waals surface area contributed by atoms with Crippen LogP contribution in [0.4, 0.5) is 0 Å². The van der Waals surface area contributed by atoms with Gasteiger partial charge >= 0.3 is 0 Å². The molecule has 2 saturated carbocycles. The minimum absolute atomic E-state index is 0.616. The molecule has 0 aromatic carbocycles. The lowest BCUT2D eigenvalue weighted by atomic mass is 9.81. The van der Waals surface area contributed by atoms with Gasteiger partial charge in [-0.05, 0) is 57.1 Å². The van der Waals surface area contributed by atoms with Gasteiger partial charge in [0.05, 0.1) is 11.7 Å². The molecule has 2 heterocycles. The number of aromatic nitrogens is 3. The molecular weight excluding hydrogens is 248 g/mol. The first kappa shape index (κ1) is 12.3. The fourth-order valence-corrected chi connectivity index (χ4v) is 3.63. The molecule has 2 aliphatic rings. The summed E-state index contributed by atoms with van der Waals surface area (Å²) in [5.41, 5.74) is 8.15. The number of hydrogen-bond donors (Lipinski definition) is 1. The SMILES string of the molecule is NCC1CCC(c2nc3cnccc3n2C2CC2)CC1. The summed E-state index contributed by atoms with van der Waals surface area (Å²) in [4.78, 5) is 9.14. The maximum Gasteiger partial charge on any atom is 0.113 e. The van der Waals surface area contributed by atoms with Crippen LogP contribution in [0.2, 0.25) is 0 Å². The predicted octanol–water partition coefficient (Wildman–Crippen LogP) is 3.00. The Balaban J connectivity index is 1.70. The van der Waals surface area contributed by atoms with Gasteiger partial charge in [-0.15, -0.1) is 0 Å². The van der Waals surface area contributed by atoms with Crippen LogP contribution < -0.4 is 5.73 Å². The van der Waals surface area contributed by atoms with Crippen LogP contribution in [0.3, 0.4) is 0 Å². The van der Waals surface area contributed by atoms with Crippen LogP contribution in [0.5, 0.6) is 0 Å². The van der Waals surface area contributed by atoms with Crippen LogP contribution in [-0.4, -0.2) is 21.1 Å². The van der Waals surface area contributed by atoms with E-state index in [4.69, 9.17) is 10.7 Å². The fraction of sp³-hybridized carbons (Fsp3) is 0.625. The van der Waals surface area contributed by atoms with Gasteiger partial charge in [0.25, 0.3) is 0 Å². The van der Waals surface area contributed by atoms with Gasteiger partial charge in [0.1, 0.15) is 11.3 Å². The lowest BCUT2D eigenvalue weighted by molar-refractivity contribution is 0.321. The summed E-state index contributed by atoms with van der Waals surface area (Å²) in [6.07, 6.45) is 11.4. The monoisotopic (exact) mass is 270 g/mol. The first-order valence-electron chi connectivity index (χ1n) is 7.88. The molecule has 2 aromatic rings. The number of rotatable bonds is 3. The zero-order valence-electron chi connectivity index (χ0n) is 11.8.